The van der Waals surface area contributed by atoms with Gasteiger partial charge in [-0.25, -0.2) is 4.39 Å². The third kappa shape index (κ3) is 4.52. The molecule has 2 aromatic carbocycles. The molecule has 2 aromatic rings. The minimum Gasteiger partial charge on any atom is -0.508 e. The van der Waals surface area contributed by atoms with Crippen molar-refractivity contribution in [1.82, 2.24) is 9.80 Å². The van der Waals surface area contributed by atoms with E-state index in [1.807, 2.05) is 29.0 Å². The first-order valence-electron chi connectivity index (χ1n) is 8.76. The topological polar surface area (TPSA) is 47.0 Å². The van der Waals surface area contributed by atoms with Gasteiger partial charge in [0.15, 0.2) is 0 Å². The monoisotopic (exact) mass is 357 g/mol. The number of phenols is 1. The van der Waals surface area contributed by atoms with E-state index in [1.54, 1.807) is 30.3 Å². The summed E-state index contributed by atoms with van der Waals surface area (Å²) in [6.45, 7) is 3.51. The molecule has 1 fully saturated rings. The summed E-state index contributed by atoms with van der Waals surface area (Å²) in [7, 11) is 1.83. The van der Waals surface area contributed by atoms with Crippen molar-refractivity contribution in [3.05, 3.63) is 59.9 Å². The lowest BCUT2D eigenvalue weighted by atomic mass is 10.2. The zero-order chi connectivity index (χ0) is 18.5. The molecule has 26 heavy (non-hydrogen) atoms. The Morgan fingerprint density at radius 2 is 1.73 bits per heavy atom. The van der Waals surface area contributed by atoms with Crippen LogP contribution in [0.4, 0.5) is 10.1 Å². The number of likely N-dealkylation sites (N-methyl/N-ethyl adjacent to an activating group) is 1. The number of halogens is 1. The molecule has 0 spiro atoms. The van der Waals surface area contributed by atoms with Gasteiger partial charge < -0.3 is 14.9 Å². The normalized spacial score (nSPS) is 14.7. The van der Waals surface area contributed by atoms with Crippen molar-refractivity contribution in [3.8, 4) is 5.75 Å². The summed E-state index contributed by atoms with van der Waals surface area (Å²) in [5.41, 5.74) is 1.64. The number of rotatable bonds is 5. The molecule has 6 heteroatoms. The predicted octanol–water partition coefficient (Wildman–Crippen LogP) is 2.31. The van der Waals surface area contributed by atoms with Gasteiger partial charge in [0.2, 0.25) is 5.91 Å². The van der Waals surface area contributed by atoms with Gasteiger partial charge in [-0.3, -0.25) is 9.69 Å². The average molecular weight is 357 g/mol. The average Bonchev–Trinajstić information content (AvgIpc) is 2.64. The first-order valence-corrected chi connectivity index (χ1v) is 8.76. The quantitative estimate of drug-likeness (QED) is 0.892. The predicted molar refractivity (Wildman–Crippen MR) is 99.6 cm³/mol. The van der Waals surface area contributed by atoms with Crippen LogP contribution < -0.4 is 4.90 Å². The van der Waals surface area contributed by atoms with E-state index >= 15 is 0 Å². The Kier molecular flexibility index (Phi) is 5.73. The lowest BCUT2D eigenvalue weighted by Crippen LogP contribution is -2.51. The number of aromatic hydroxyl groups is 1. The van der Waals surface area contributed by atoms with E-state index in [9.17, 15) is 14.3 Å². The van der Waals surface area contributed by atoms with Crippen molar-refractivity contribution in [2.75, 3.05) is 44.7 Å². The van der Waals surface area contributed by atoms with Crippen molar-refractivity contribution < 1.29 is 14.3 Å². The van der Waals surface area contributed by atoms with Crippen LogP contribution in [0.1, 0.15) is 5.56 Å². The maximum Gasteiger partial charge on any atom is 0.236 e. The molecule has 3 rings (SSSR count). The van der Waals surface area contributed by atoms with Gasteiger partial charge in [0, 0.05) is 44.0 Å². The molecule has 0 atom stereocenters. The van der Waals surface area contributed by atoms with Crippen LogP contribution in [0.25, 0.3) is 0 Å². The SMILES string of the molecule is CN(CC(=O)N1CCN(c2ccc(O)cc2)CC1)Cc1ccccc1F. The highest BCUT2D eigenvalue weighted by Gasteiger charge is 2.22. The van der Waals surface area contributed by atoms with E-state index < -0.39 is 0 Å². The summed E-state index contributed by atoms with van der Waals surface area (Å²) in [6, 6.07) is 13.8. The van der Waals surface area contributed by atoms with Crippen molar-refractivity contribution in [3.63, 3.8) is 0 Å². The van der Waals surface area contributed by atoms with Crippen molar-refractivity contribution in [1.29, 1.82) is 0 Å². The number of hydrogen-bond acceptors (Lipinski definition) is 4. The standard InChI is InChI=1S/C20H24FN3O2/c1-22(14-16-4-2-3-5-19(16)21)15-20(26)24-12-10-23(11-13-24)17-6-8-18(25)9-7-17/h2-9,25H,10-15H2,1H3. The lowest BCUT2D eigenvalue weighted by Gasteiger charge is -2.36. The zero-order valence-electron chi connectivity index (χ0n) is 14.9. The molecule has 1 aliphatic heterocycles. The number of piperazine rings is 1. The molecule has 1 amide bonds. The zero-order valence-corrected chi connectivity index (χ0v) is 14.9. The Morgan fingerprint density at radius 3 is 2.38 bits per heavy atom. The van der Waals surface area contributed by atoms with Gasteiger partial charge in [0.25, 0.3) is 0 Å². The van der Waals surface area contributed by atoms with E-state index in [1.165, 1.54) is 6.07 Å². The van der Waals surface area contributed by atoms with E-state index in [2.05, 4.69) is 4.90 Å². The number of benzene rings is 2. The van der Waals surface area contributed by atoms with Gasteiger partial charge in [0.1, 0.15) is 11.6 Å². The van der Waals surface area contributed by atoms with Crippen LogP contribution in [-0.4, -0.2) is 60.6 Å². The number of nitrogens with zero attached hydrogens (tertiary/aromatic N) is 3. The fourth-order valence-corrected chi connectivity index (χ4v) is 3.18. The third-order valence-electron chi connectivity index (χ3n) is 4.65. The van der Waals surface area contributed by atoms with Crippen molar-refractivity contribution >= 4 is 11.6 Å². The van der Waals surface area contributed by atoms with Crippen LogP contribution in [0.15, 0.2) is 48.5 Å². The van der Waals surface area contributed by atoms with Crippen LogP contribution in [-0.2, 0) is 11.3 Å². The molecule has 0 aliphatic carbocycles. The second kappa shape index (κ2) is 8.19. The molecule has 0 unspecified atom stereocenters. The van der Waals surface area contributed by atoms with Crippen molar-refractivity contribution in [2.45, 2.75) is 6.54 Å². The number of amides is 1. The van der Waals surface area contributed by atoms with Gasteiger partial charge in [-0.1, -0.05) is 18.2 Å². The van der Waals surface area contributed by atoms with E-state index in [4.69, 9.17) is 0 Å². The van der Waals surface area contributed by atoms with Gasteiger partial charge in [-0.05, 0) is 37.4 Å². The minimum absolute atomic E-state index is 0.0641. The number of anilines is 1. The summed E-state index contributed by atoms with van der Waals surface area (Å²) >= 11 is 0. The maximum atomic E-state index is 13.7. The first-order chi connectivity index (χ1) is 12.5. The van der Waals surface area contributed by atoms with Crippen LogP contribution in [0.3, 0.4) is 0 Å². The molecule has 0 bridgehead atoms. The van der Waals surface area contributed by atoms with Crippen LogP contribution >= 0.6 is 0 Å². The molecule has 1 saturated heterocycles. The highest BCUT2D eigenvalue weighted by Crippen LogP contribution is 2.20. The fourth-order valence-electron chi connectivity index (χ4n) is 3.18. The van der Waals surface area contributed by atoms with Gasteiger partial charge in [-0.2, -0.15) is 0 Å². The molecule has 5 nitrogen and oxygen atoms in total. The Hall–Kier alpha value is -2.60. The van der Waals surface area contributed by atoms with Crippen molar-refractivity contribution in [2.24, 2.45) is 0 Å². The number of carbonyl (C=O) groups is 1. The molecular weight excluding hydrogens is 333 g/mol. The molecule has 0 aromatic heterocycles. The maximum absolute atomic E-state index is 13.7. The Bertz CT molecular complexity index is 743. The summed E-state index contributed by atoms with van der Waals surface area (Å²) in [4.78, 5) is 18.4. The summed E-state index contributed by atoms with van der Waals surface area (Å²) in [5.74, 6) is 0.0731. The fraction of sp³-hybridized carbons (Fsp3) is 0.350. The Balaban J connectivity index is 1.49. The smallest absolute Gasteiger partial charge is 0.236 e. The molecule has 1 aliphatic rings. The summed E-state index contributed by atoms with van der Waals surface area (Å²) in [6.07, 6.45) is 0. The van der Waals surface area contributed by atoms with E-state index in [-0.39, 0.29) is 24.0 Å². The van der Waals surface area contributed by atoms with E-state index in [0.29, 0.717) is 25.2 Å². The van der Waals surface area contributed by atoms with Gasteiger partial charge >= 0.3 is 0 Å². The molecule has 1 N–H and O–H groups in total. The Morgan fingerprint density at radius 1 is 1.08 bits per heavy atom. The lowest BCUT2D eigenvalue weighted by molar-refractivity contribution is -0.132. The number of carbonyl (C=O) groups excluding carboxylic acids is 1. The largest absolute Gasteiger partial charge is 0.508 e. The molecule has 0 saturated carbocycles. The van der Waals surface area contributed by atoms with E-state index in [0.717, 1.165) is 18.8 Å². The summed E-state index contributed by atoms with van der Waals surface area (Å²) < 4.78 is 13.7. The Labute approximate surface area is 153 Å². The molecular formula is C20H24FN3O2. The molecule has 0 radical (unpaired) electrons. The summed E-state index contributed by atoms with van der Waals surface area (Å²) in [5, 5.41) is 9.38. The first kappa shape index (κ1) is 18.2. The second-order valence-corrected chi connectivity index (χ2v) is 6.65. The van der Waals surface area contributed by atoms with Gasteiger partial charge in [0.05, 0.1) is 6.54 Å². The third-order valence-corrected chi connectivity index (χ3v) is 4.65. The number of phenolic OH excluding ortho intramolecular Hbond substituents is 1. The highest BCUT2D eigenvalue weighted by atomic mass is 19.1. The second-order valence-electron chi connectivity index (χ2n) is 6.65. The van der Waals surface area contributed by atoms with Crippen LogP contribution in [0.5, 0.6) is 5.75 Å². The highest BCUT2D eigenvalue weighted by molar-refractivity contribution is 5.78. The molecule has 1 heterocycles. The van der Waals surface area contributed by atoms with Crippen LogP contribution in [0.2, 0.25) is 0 Å². The molecule has 138 valence electrons. The number of hydrogen-bond donors (Lipinski definition) is 1. The van der Waals surface area contributed by atoms with Crippen LogP contribution in [0, 0.1) is 5.82 Å². The minimum atomic E-state index is -0.241. The van der Waals surface area contributed by atoms with Gasteiger partial charge in [-0.15, -0.1) is 0 Å².